The Morgan fingerprint density at radius 2 is 1.84 bits per heavy atom. The molecule has 3 aliphatic carbocycles. The summed E-state index contributed by atoms with van der Waals surface area (Å²) in [6.07, 6.45) is 8.25. The SMILES string of the molecule is C[C@]12CC[C@@H]3c4ccc(O)cc4CC[C@H]3[C@@H]1CC[C@@H]2O.Cc1c(Cn2nc(I)c3c(N)ncnc32)c(-c2ccccc2)nn1C. The van der Waals surface area contributed by atoms with Crippen LogP contribution in [-0.2, 0) is 20.0 Å². The molecule has 2 fully saturated rings. The normalized spacial score (nSPS) is 25.3. The van der Waals surface area contributed by atoms with Crippen LogP contribution in [0, 0.1) is 27.9 Å². The van der Waals surface area contributed by atoms with Crippen molar-refractivity contribution in [3.8, 4) is 17.0 Å². The summed E-state index contributed by atoms with van der Waals surface area (Å²) < 4.78 is 4.57. The van der Waals surface area contributed by atoms with E-state index in [4.69, 9.17) is 10.8 Å². The number of aliphatic hydroxyl groups excluding tert-OH is 1. The first-order valence-electron chi connectivity index (χ1n) is 15.9. The topological polar surface area (TPSA) is 128 Å². The van der Waals surface area contributed by atoms with E-state index in [2.05, 4.69) is 69.7 Å². The van der Waals surface area contributed by atoms with Gasteiger partial charge in [0.25, 0.3) is 0 Å². The molecule has 0 saturated heterocycles. The van der Waals surface area contributed by atoms with Crippen LogP contribution in [0.5, 0.6) is 5.75 Å². The van der Waals surface area contributed by atoms with Crippen molar-refractivity contribution >= 4 is 39.4 Å². The Balaban J connectivity index is 0.000000148. The second-order valence-electron chi connectivity index (χ2n) is 13.2. The van der Waals surface area contributed by atoms with Crippen LogP contribution >= 0.6 is 22.6 Å². The summed E-state index contributed by atoms with van der Waals surface area (Å²) >= 11 is 2.17. The summed E-state index contributed by atoms with van der Waals surface area (Å²) in [7, 11) is 1.95. The van der Waals surface area contributed by atoms with Crippen LogP contribution in [0.25, 0.3) is 22.3 Å². The fraction of sp³-hybridized carbons (Fsp3) is 0.429. The number of hydrogen-bond acceptors (Lipinski definition) is 7. The number of aryl methyl sites for hydroxylation is 2. The van der Waals surface area contributed by atoms with Gasteiger partial charge in [-0.1, -0.05) is 43.3 Å². The minimum absolute atomic E-state index is 0.0883. The number of aromatic hydroxyl groups is 1. The van der Waals surface area contributed by atoms with E-state index in [9.17, 15) is 10.2 Å². The van der Waals surface area contributed by atoms with E-state index in [-0.39, 0.29) is 11.5 Å². The van der Waals surface area contributed by atoms with Crippen molar-refractivity contribution in [1.29, 1.82) is 0 Å². The van der Waals surface area contributed by atoms with Crippen molar-refractivity contribution in [2.24, 2.45) is 24.3 Å². The van der Waals surface area contributed by atoms with Gasteiger partial charge in [0, 0.05) is 23.9 Å². The second-order valence-corrected chi connectivity index (χ2v) is 14.3. The van der Waals surface area contributed by atoms with Gasteiger partial charge in [0.1, 0.15) is 21.6 Å². The number of benzene rings is 2. The van der Waals surface area contributed by atoms with E-state index in [1.54, 1.807) is 0 Å². The Morgan fingerprint density at radius 3 is 2.64 bits per heavy atom. The van der Waals surface area contributed by atoms with Crippen molar-refractivity contribution < 1.29 is 10.2 Å². The van der Waals surface area contributed by atoms with Gasteiger partial charge < -0.3 is 15.9 Å². The highest BCUT2D eigenvalue weighted by atomic mass is 127. The highest BCUT2D eigenvalue weighted by Crippen LogP contribution is 2.60. The molecule has 0 bridgehead atoms. The van der Waals surface area contributed by atoms with E-state index >= 15 is 0 Å². The molecule has 0 aliphatic heterocycles. The summed E-state index contributed by atoms with van der Waals surface area (Å²) in [5.74, 6) is 2.94. The van der Waals surface area contributed by atoms with Crippen LogP contribution in [-0.4, -0.2) is 45.8 Å². The van der Waals surface area contributed by atoms with E-state index in [1.807, 2.05) is 46.7 Å². The van der Waals surface area contributed by atoms with Crippen LogP contribution in [0.1, 0.15) is 67.3 Å². The van der Waals surface area contributed by atoms with Gasteiger partial charge in [0.2, 0.25) is 0 Å². The van der Waals surface area contributed by atoms with Crippen LogP contribution in [0.2, 0.25) is 0 Å². The molecule has 0 unspecified atom stereocenters. The molecule has 0 amide bonds. The molecule has 8 rings (SSSR count). The van der Waals surface area contributed by atoms with Gasteiger partial charge in [-0.05, 0) is 114 Å². The van der Waals surface area contributed by atoms with Crippen LogP contribution in [0.15, 0.2) is 54.9 Å². The zero-order valence-corrected chi connectivity index (χ0v) is 28.1. The van der Waals surface area contributed by atoms with Crippen molar-refractivity contribution in [2.45, 2.75) is 70.9 Å². The highest BCUT2D eigenvalue weighted by Gasteiger charge is 2.54. The highest BCUT2D eigenvalue weighted by molar-refractivity contribution is 14.1. The molecular weight excluding hydrogens is 677 g/mol. The van der Waals surface area contributed by atoms with Gasteiger partial charge in [-0.2, -0.15) is 10.2 Å². The zero-order valence-electron chi connectivity index (χ0n) is 26.0. The molecule has 9 nitrogen and oxygen atoms in total. The van der Waals surface area contributed by atoms with E-state index in [0.717, 1.165) is 62.4 Å². The summed E-state index contributed by atoms with van der Waals surface area (Å²) in [5, 5.41) is 30.2. The van der Waals surface area contributed by atoms with Gasteiger partial charge in [-0.25, -0.2) is 14.6 Å². The average molecular weight is 718 g/mol. The lowest BCUT2D eigenvalue weighted by molar-refractivity contribution is -0.0226. The first-order chi connectivity index (χ1) is 21.7. The number of nitrogens with zero attached hydrogens (tertiary/aromatic N) is 6. The predicted molar refractivity (Wildman–Crippen MR) is 184 cm³/mol. The second kappa shape index (κ2) is 11.7. The summed E-state index contributed by atoms with van der Waals surface area (Å²) in [6, 6.07) is 16.1. The fourth-order valence-electron chi connectivity index (χ4n) is 8.46. The molecule has 4 N–H and O–H groups in total. The molecule has 2 saturated carbocycles. The molecule has 3 aromatic heterocycles. The van der Waals surface area contributed by atoms with Gasteiger partial charge in [-0.3, -0.25) is 4.68 Å². The Bertz CT molecular complexity index is 1870. The minimum Gasteiger partial charge on any atom is -0.508 e. The number of phenolic OH excluding ortho intramolecular Hbond substituents is 1. The minimum atomic E-state index is -0.0883. The van der Waals surface area contributed by atoms with Gasteiger partial charge >= 0.3 is 0 Å². The number of halogens is 1. The number of rotatable bonds is 3. The molecule has 3 aliphatic rings. The first-order valence-corrected chi connectivity index (χ1v) is 16.9. The van der Waals surface area contributed by atoms with Gasteiger partial charge in [0.05, 0.1) is 23.7 Å². The third kappa shape index (κ3) is 5.19. The quantitative estimate of drug-likeness (QED) is 0.185. The molecule has 2 aromatic carbocycles. The Kier molecular flexibility index (Phi) is 7.84. The number of aliphatic hydroxyl groups is 1. The lowest BCUT2D eigenvalue weighted by atomic mass is 9.55. The Morgan fingerprint density at radius 1 is 1.04 bits per heavy atom. The molecule has 5 atom stereocenters. The monoisotopic (exact) mass is 717 g/mol. The van der Waals surface area contributed by atoms with Crippen LogP contribution in [0.4, 0.5) is 5.82 Å². The lowest BCUT2D eigenvalue weighted by Crippen LogP contribution is -2.43. The molecule has 10 heteroatoms. The lowest BCUT2D eigenvalue weighted by Gasteiger charge is -2.50. The fourth-order valence-corrected chi connectivity index (χ4v) is 9.23. The number of fused-ring (bicyclic) bond motifs is 6. The van der Waals surface area contributed by atoms with Crippen molar-refractivity contribution in [3.63, 3.8) is 0 Å². The van der Waals surface area contributed by atoms with Crippen LogP contribution < -0.4 is 5.73 Å². The Hall–Kier alpha value is -3.51. The smallest absolute Gasteiger partial charge is 0.164 e. The standard InChI is InChI=1S/C18H24O2.C17H16IN7/c1-18-9-8-14-13-5-3-12(19)10-11(13)2-4-15(14)16(18)6-7-17(18)20;1-10-12(14(22-24(10)2)11-6-4-3-5-7-11)8-25-17-13(15(18)23-25)16(19)20-9-21-17/h3,5,10,14-17,19-20H,2,4,6-9H2,1H3;3-7,9H,8H2,1-2H3,(H2,19,20,21)/t14-,15-,16+,17+,18+;/m1./s1. The number of anilines is 1. The number of nitrogens with two attached hydrogens (primary N) is 1. The van der Waals surface area contributed by atoms with E-state index < -0.39 is 0 Å². The molecule has 3 heterocycles. The molecule has 5 aromatic rings. The third-order valence-electron chi connectivity index (χ3n) is 11.0. The number of nitrogen functional groups attached to an aromatic ring is 1. The van der Waals surface area contributed by atoms with Crippen molar-refractivity contribution in [2.75, 3.05) is 5.73 Å². The van der Waals surface area contributed by atoms with Crippen LogP contribution in [0.3, 0.4) is 0 Å². The summed E-state index contributed by atoms with van der Waals surface area (Å²) in [6.45, 7) is 4.95. The predicted octanol–water partition coefficient (Wildman–Crippen LogP) is 6.38. The van der Waals surface area contributed by atoms with Crippen molar-refractivity contribution in [3.05, 3.63) is 80.9 Å². The maximum absolute atomic E-state index is 10.4. The molecule has 234 valence electrons. The molecule has 0 radical (unpaired) electrons. The van der Waals surface area contributed by atoms with Crippen molar-refractivity contribution in [1.82, 2.24) is 29.5 Å². The van der Waals surface area contributed by atoms with E-state index in [1.165, 1.54) is 36.7 Å². The number of aromatic nitrogens is 6. The molecule has 0 spiro atoms. The summed E-state index contributed by atoms with van der Waals surface area (Å²) in [5.41, 5.74) is 14.0. The molecule has 45 heavy (non-hydrogen) atoms. The maximum atomic E-state index is 10.4. The average Bonchev–Trinajstić information content (AvgIpc) is 3.64. The molecular formula is C35H40IN7O2. The number of phenols is 1. The number of hydrogen-bond donors (Lipinski definition) is 3. The van der Waals surface area contributed by atoms with E-state index in [0.29, 0.717) is 29.9 Å². The zero-order chi connectivity index (χ0) is 31.5. The maximum Gasteiger partial charge on any atom is 0.164 e. The third-order valence-corrected chi connectivity index (χ3v) is 11.7. The van der Waals surface area contributed by atoms with Gasteiger partial charge in [0.15, 0.2) is 5.65 Å². The summed E-state index contributed by atoms with van der Waals surface area (Å²) in [4.78, 5) is 8.44. The van der Waals surface area contributed by atoms with Gasteiger partial charge in [-0.15, -0.1) is 0 Å². The Labute approximate surface area is 277 Å². The first kappa shape index (κ1) is 30.2. The largest absolute Gasteiger partial charge is 0.508 e.